The number of H-pyrrole nitrogens is 1. The Morgan fingerprint density at radius 1 is 0.929 bits per heavy atom. The number of hydrogen-bond acceptors (Lipinski definition) is 6. The van der Waals surface area contributed by atoms with Gasteiger partial charge >= 0.3 is 12.6 Å². The van der Waals surface area contributed by atoms with Gasteiger partial charge in [0.2, 0.25) is 0 Å². The molecule has 4 aromatic rings. The third-order valence-electron chi connectivity index (χ3n) is 7.55. The lowest BCUT2D eigenvalue weighted by Gasteiger charge is -2.50. The summed E-state index contributed by atoms with van der Waals surface area (Å²) in [5.41, 5.74) is 1.58. The Hall–Kier alpha value is -3.30. The van der Waals surface area contributed by atoms with Gasteiger partial charge < -0.3 is 9.26 Å². The van der Waals surface area contributed by atoms with E-state index in [-0.39, 0.29) is 13.2 Å². The number of morpholine rings is 1. The van der Waals surface area contributed by atoms with Crippen LogP contribution in [0.5, 0.6) is 0 Å². The van der Waals surface area contributed by atoms with Crippen molar-refractivity contribution < 1.29 is 13.8 Å². The van der Waals surface area contributed by atoms with Crippen LogP contribution in [0.3, 0.4) is 0 Å². The van der Waals surface area contributed by atoms with Crippen LogP contribution in [-0.4, -0.2) is 59.0 Å². The normalized spacial score (nSPS) is 19.5. The molecule has 1 fully saturated rings. The Balaban J connectivity index is 1.70. The molecule has 3 atom stereocenters. The minimum atomic E-state index is -3.59. The monoisotopic (exact) mass is 608 g/mol. The average molecular weight is 609 g/mol. The fourth-order valence-electron chi connectivity index (χ4n) is 5.51. The molecule has 42 heavy (non-hydrogen) atoms. The molecule has 5 rings (SSSR count). The number of benzene rings is 3. The van der Waals surface area contributed by atoms with Crippen molar-refractivity contribution in [2.45, 2.75) is 24.8 Å². The summed E-state index contributed by atoms with van der Waals surface area (Å²) >= 11 is 6.22. The van der Waals surface area contributed by atoms with Crippen molar-refractivity contribution in [1.82, 2.24) is 19.1 Å². The van der Waals surface area contributed by atoms with Crippen LogP contribution in [-0.2, 0) is 19.4 Å². The first-order chi connectivity index (χ1) is 20.1. The Kier molecular flexibility index (Phi) is 8.99. The highest BCUT2D eigenvalue weighted by atomic mass is 35.7. The molecule has 0 bridgehead atoms. The zero-order valence-corrected chi connectivity index (χ0v) is 25.4. The summed E-state index contributed by atoms with van der Waals surface area (Å²) in [5.74, 6) is 0. The minimum Gasteiger partial charge on any atom is -0.350 e. The maximum absolute atomic E-state index is 13.1. The molecule has 1 N–H and O–H groups in total. The van der Waals surface area contributed by atoms with Crippen LogP contribution in [0.1, 0.15) is 28.5 Å². The fraction of sp³-hybridized carbons (Fsp3) is 0.290. The maximum Gasteiger partial charge on any atom is 0.362 e. The molecule has 0 aliphatic carbocycles. The van der Waals surface area contributed by atoms with Gasteiger partial charge in [0.05, 0.1) is 18.2 Å². The van der Waals surface area contributed by atoms with Gasteiger partial charge in [-0.25, -0.2) is 9.46 Å². The third kappa shape index (κ3) is 5.95. The molecule has 220 valence electrons. The van der Waals surface area contributed by atoms with E-state index in [1.165, 1.54) is 15.4 Å². The molecule has 1 aromatic heterocycles. The van der Waals surface area contributed by atoms with Gasteiger partial charge in [-0.2, -0.15) is 0 Å². The summed E-state index contributed by atoms with van der Waals surface area (Å²) in [6.45, 7) is -1.40. The topological polar surface area (TPSA) is 96.9 Å². The van der Waals surface area contributed by atoms with Crippen LogP contribution in [0.15, 0.2) is 107 Å². The molecule has 0 amide bonds. The SMILES string of the molecule is Cc1cn(C2CN(C(c3ccccc3)(c3ccccc3)c3ccccc3)C[C@@H](CO[P@@](=O)(Cl)N(C)C)O2)c(=O)[nH]c1=O. The van der Waals surface area contributed by atoms with Crippen LogP contribution >= 0.6 is 18.1 Å². The van der Waals surface area contributed by atoms with Crippen LogP contribution in [0.2, 0.25) is 0 Å². The number of aromatic nitrogens is 2. The van der Waals surface area contributed by atoms with Crippen molar-refractivity contribution in [3.8, 4) is 0 Å². The van der Waals surface area contributed by atoms with E-state index < -0.39 is 36.0 Å². The van der Waals surface area contributed by atoms with Crippen molar-refractivity contribution in [2.75, 3.05) is 33.8 Å². The molecular weight excluding hydrogens is 575 g/mol. The lowest BCUT2D eigenvalue weighted by atomic mass is 9.75. The van der Waals surface area contributed by atoms with Crippen molar-refractivity contribution in [2.24, 2.45) is 0 Å². The summed E-state index contributed by atoms with van der Waals surface area (Å²) in [6.07, 6.45) is 0.0692. The number of aryl methyl sites for hydroxylation is 1. The number of aromatic amines is 1. The number of rotatable bonds is 9. The van der Waals surface area contributed by atoms with Crippen LogP contribution in [0.4, 0.5) is 0 Å². The van der Waals surface area contributed by atoms with Crippen molar-refractivity contribution in [3.05, 3.63) is 140 Å². The van der Waals surface area contributed by atoms with Crippen molar-refractivity contribution in [3.63, 3.8) is 0 Å². The van der Waals surface area contributed by atoms with E-state index in [2.05, 4.69) is 46.3 Å². The first-order valence-corrected chi connectivity index (χ1v) is 16.1. The molecule has 3 aromatic carbocycles. The molecule has 0 radical (unpaired) electrons. The number of nitrogens with one attached hydrogen (secondary N) is 1. The molecule has 1 aliphatic heterocycles. The molecule has 11 heteroatoms. The summed E-state index contributed by atoms with van der Waals surface area (Å²) in [6, 6.07) is 30.5. The summed E-state index contributed by atoms with van der Waals surface area (Å²) in [4.78, 5) is 29.9. The highest BCUT2D eigenvalue weighted by molar-refractivity contribution is 7.83. The van der Waals surface area contributed by atoms with Crippen molar-refractivity contribution >= 4 is 18.1 Å². The second-order valence-electron chi connectivity index (χ2n) is 10.5. The number of ether oxygens (including phenoxy) is 1. The minimum absolute atomic E-state index is 0.0858. The van der Waals surface area contributed by atoms with E-state index in [1.54, 1.807) is 21.0 Å². The third-order valence-corrected chi connectivity index (χ3v) is 10.2. The van der Waals surface area contributed by atoms with E-state index in [9.17, 15) is 14.2 Å². The van der Waals surface area contributed by atoms with Crippen LogP contribution < -0.4 is 11.2 Å². The standard InChI is InChI=1S/C31H34ClN4O5P/c1-23-19-36(30(38)33-29(23)37)28-21-35(20-27(41-28)22-40-42(32,39)34(2)3)31(24-13-7-4-8-14-24,25-15-9-5-10-16-25)26-17-11-6-12-18-26/h4-19,27-28H,20-22H2,1-3H3,(H,33,37,38)/t27-,28?,42-/m0/s1. The second-order valence-corrected chi connectivity index (χ2v) is 13.7. The van der Waals surface area contributed by atoms with Crippen LogP contribution in [0.25, 0.3) is 0 Å². The second kappa shape index (κ2) is 12.5. The number of nitrogens with zero attached hydrogens (tertiary/aromatic N) is 3. The van der Waals surface area contributed by atoms with E-state index >= 15 is 0 Å². The van der Waals surface area contributed by atoms with Gasteiger partial charge in [-0.3, -0.25) is 23.8 Å². The number of hydrogen-bond donors (Lipinski definition) is 1. The van der Waals surface area contributed by atoms with E-state index in [1.807, 2.05) is 54.6 Å². The first kappa shape index (κ1) is 30.2. The predicted molar refractivity (Wildman–Crippen MR) is 164 cm³/mol. The summed E-state index contributed by atoms with van der Waals surface area (Å²) in [7, 11) is 3.16. The zero-order valence-electron chi connectivity index (χ0n) is 23.7. The molecule has 9 nitrogen and oxygen atoms in total. The van der Waals surface area contributed by atoms with Crippen molar-refractivity contribution in [1.29, 1.82) is 0 Å². The first-order valence-electron chi connectivity index (χ1n) is 13.6. The Bertz CT molecular complexity index is 1570. The lowest BCUT2D eigenvalue weighted by Crippen LogP contribution is -2.58. The highest BCUT2D eigenvalue weighted by Crippen LogP contribution is 2.54. The predicted octanol–water partition coefficient (Wildman–Crippen LogP) is 4.96. The maximum atomic E-state index is 13.1. The average Bonchev–Trinajstić information content (AvgIpc) is 3.00. The number of halogens is 1. The molecule has 1 unspecified atom stereocenters. The highest BCUT2D eigenvalue weighted by Gasteiger charge is 2.46. The van der Waals surface area contributed by atoms with Gasteiger partial charge in [0.15, 0.2) is 6.23 Å². The molecule has 2 heterocycles. The largest absolute Gasteiger partial charge is 0.362 e. The Morgan fingerprint density at radius 2 is 1.43 bits per heavy atom. The van der Waals surface area contributed by atoms with Gasteiger partial charge in [-0.15, -0.1) is 0 Å². The molecule has 0 saturated carbocycles. The van der Waals surface area contributed by atoms with Gasteiger partial charge in [-0.05, 0) is 49.0 Å². The van der Waals surface area contributed by atoms with Gasteiger partial charge in [-0.1, -0.05) is 91.0 Å². The van der Waals surface area contributed by atoms with E-state index in [0.717, 1.165) is 16.7 Å². The van der Waals surface area contributed by atoms with Gasteiger partial charge in [0.25, 0.3) is 5.56 Å². The summed E-state index contributed by atoms with van der Waals surface area (Å²) in [5, 5.41) is 0. The van der Waals surface area contributed by atoms with Crippen LogP contribution in [0, 0.1) is 6.92 Å². The fourth-order valence-corrected chi connectivity index (χ4v) is 6.26. The lowest BCUT2D eigenvalue weighted by molar-refractivity contribution is -0.148. The zero-order chi connectivity index (χ0) is 29.9. The molecular formula is C31H34ClN4O5P. The smallest absolute Gasteiger partial charge is 0.350 e. The van der Waals surface area contributed by atoms with E-state index in [0.29, 0.717) is 12.1 Å². The Labute approximate surface area is 249 Å². The summed E-state index contributed by atoms with van der Waals surface area (Å²) < 4.78 is 27.8. The quantitative estimate of drug-likeness (QED) is 0.212. The van der Waals surface area contributed by atoms with Gasteiger partial charge in [0, 0.05) is 24.8 Å². The molecule has 1 saturated heterocycles. The van der Waals surface area contributed by atoms with Gasteiger partial charge in [0.1, 0.15) is 0 Å². The van der Waals surface area contributed by atoms with E-state index in [4.69, 9.17) is 20.5 Å². The molecule has 1 aliphatic rings. The molecule has 0 spiro atoms. The Morgan fingerprint density at radius 3 is 1.90 bits per heavy atom.